The van der Waals surface area contributed by atoms with Crippen molar-refractivity contribution in [1.82, 2.24) is 5.32 Å². The third-order valence-electron chi connectivity index (χ3n) is 3.37. The Bertz CT molecular complexity index is 775. The predicted molar refractivity (Wildman–Crippen MR) is 91.3 cm³/mol. The van der Waals surface area contributed by atoms with E-state index in [-0.39, 0.29) is 5.91 Å². The quantitative estimate of drug-likeness (QED) is 0.768. The summed E-state index contributed by atoms with van der Waals surface area (Å²) in [6.45, 7) is 2.65. The molecule has 0 aliphatic carbocycles. The van der Waals surface area contributed by atoms with Crippen molar-refractivity contribution >= 4 is 44.4 Å². The van der Waals surface area contributed by atoms with Crippen LogP contribution in [0.5, 0.6) is 0 Å². The molecule has 0 radical (unpaired) electrons. The van der Waals surface area contributed by atoms with Gasteiger partial charge in [0.1, 0.15) is 4.88 Å². The van der Waals surface area contributed by atoms with E-state index < -0.39 is 0 Å². The maximum atomic E-state index is 12.3. The van der Waals surface area contributed by atoms with Crippen LogP contribution in [0.3, 0.4) is 0 Å². The maximum Gasteiger partial charge on any atom is 0.263 e. The average Bonchev–Trinajstić information content (AvgIpc) is 3.08. The number of hydrogen-bond donors (Lipinski definition) is 2. The highest BCUT2D eigenvalue weighted by molar-refractivity contribution is 7.21. The van der Waals surface area contributed by atoms with Crippen LogP contribution in [-0.2, 0) is 6.42 Å². The molecule has 0 bridgehead atoms. The molecule has 1 amide bonds. The third-order valence-corrected chi connectivity index (χ3v) is 5.28. The van der Waals surface area contributed by atoms with E-state index >= 15 is 0 Å². The smallest absolute Gasteiger partial charge is 0.263 e. The number of amides is 1. The summed E-state index contributed by atoms with van der Waals surface area (Å²) in [6.07, 6.45) is 0.846. The minimum absolute atomic E-state index is 0.0819. The minimum atomic E-state index is -0.0819. The maximum absolute atomic E-state index is 12.3. The summed E-state index contributed by atoms with van der Waals surface area (Å²) in [5.74, 6) is -0.0819. The first-order valence-electron chi connectivity index (χ1n) is 6.73. The molecule has 108 valence electrons. The van der Waals surface area contributed by atoms with E-state index in [1.807, 2.05) is 30.5 Å². The van der Waals surface area contributed by atoms with Crippen LogP contribution in [0.1, 0.15) is 20.8 Å². The first-order valence-corrected chi connectivity index (χ1v) is 8.49. The second-order valence-corrected chi connectivity index (χ2v) is 6.81. The molecule has 0 spiro atoms. The Morgan fingerprint density at radius 2 is 2.19 bits per heavy atom. The normalized spacial score (nSPS) is 10.9. The monoisotopic (exact) mass is 316 g/mol. The van der Waals surface area contributed by atoms with Gasteiger partial charge in [-0.2, -0.15) is 11.3 Å². The summed E-state index contributed by atoms with van der Waals surface area (Å²) in [4.78, 5) is 12.9. The van der Waals surface area contributed by atoms with Gasteiger partial charge >= 0.3 is 0 Å². The summed E-state index contributed by atoms with van der Waals surface area (Å²) in [6, 6.07) is 8.17. The summed E-state index contributed by atoms with van der Waals surface area (Å²) in [7, 11) is 0. The number of nitrogens with two attached hydrogens (primary N) is 1. The summed E-state index contributed by atoms with van der Waals surface area (Å²) >= 11 is 3.12. The highest BCUT2D eigenvalue weighted by atomic mass is 32.1. The molecule has 0 saturated carbocycles. The van der Waals surface area contributed by atoms with Crippen LogP contribution in [0.25, 0.3) is 10.1 Å². The van der Waals surface area contributed by atoms with Crippen molar-refractivity contribution in [2.24, 2.45) is 0 Å². The Hall–Kier alpha value is -1.85. The van der Waals surface area contributed by atoms with Gasteiger partial charge in [0, 0.05) is 16.6 Å². The Labute approximate surface area is 131 Å². The number of hydrogen-bond acceptors (Lipinski definition) is 4. The predicted octanol–water partition coefficient (Wildman–Crippen LogP) is 3.83. The zero-order chi connectivity index (χ0) is 14.8. The molecule has 3 rings (SSSR count). The molecule has 0 aliphatic heterocycles. The fourth-order valence-electron chi connectivity index (χ4n) is 2.23. The Kier molecular flexibility index (Phi) is 3.94. The van der Waals surface area contributed by atoms with Crippen molar-refractivity contribution in [3.05, 3.63) is 51.0 Å². The molecule has 5 heteroatoms. The van der Waals surface area contributed by atoms with E-state index in [9.17, 15) is 4.79 Å². The van der Waals surface area contributed by atoms with Gasteiger partial charge in [0.25, 0.3) is 5.91 Å². The summed E-state index contributed by atoms with van der Waals surface area (Å²) < 4.78 is 1.06. The largest absolute Gasteiger partial charge is 0.397 e. The lowest BCUT2D eigenvalue weighted by Gasteiger charge is -2.03. The molecular weight excluding hydrogens is 300 g/mol. The van der Waals surface area contributed by atoms with Gasteiger partial charge < -0.3 is 11.1 Å². The average molecular weight is 316 g/mol. The Morgan fingerprint density at radius 1 is 1.33 bits per heavy atom. The van der Waals surface area contributed by atoms with E-state index in [0.717, 1.165) is 22.1 Å². The number of fused-ring (bicyclic) bond motifs is 1. The number of aryl methyl sites for hydroxylation is 1. The number of rotatable bonds is 4. The first kappa shape index (κ1) is 14.1. The van der Waals surface area contributed by atoms with Gasteiger partial charge in [0.15, 0.2) is 0 Å². The van der Waals surface area contributed by atoms with Crippen molar-refractivity contribution in [1.29, 1.82) is 0 Å². The Morgan fingerprint density at radius 3 is 2.95 bits per heavy atom. The van der Waals surface area contributed by atoms with Crippen molar-refractivity contribution < 1.29 is 4.79 Å². The van der Waals surface area contributed by atoms with E-state index in [2.05, 4.69) is 16.8 Å². The number of carbonyl (C=O) groups is 1. The molecule has 0 aliphatic rings. The molecule has 3 aromatic rings. The van der Waals surface area contributed by atoms with Crippen LogP contribution < -0.4 is 11.1 Å². The van der Waals surface area contributed by atoms with Crippen LogP contribution in [-0.4, -0.2) is 12.5 Å². The molecule has 0 fully saturated rings. The summed E-state index contributed by atoms with van der Waals surface area (Å²) in [5, 5.41) is 8.07. The molecule has 0 unspecified atom stereocenters. The van der Waals surface area contributed by atoms with Crippen LogP contribution in [0.4, 0.5) is 5.69 Å². The van der Waals surface area contributed by atoms with Gasteiger partial charge in [-0.05, 0) is 47.9 Å². The fraction of sp³-hybridized carbons (Fsp3) is 0.188. The number of thiophene rings is 2. The van der Waals surface area contributed by atoms with Crippen molar-refractivity contribution in [2.45, 2.75) is 13.3 Å². The van der Waals surface area contributed by atoms with Crippen molar-refractivity contribution in [3.8, 4) is 0 Å². The SMILES string of the molecule is Cc1ccc2sc(C(=O)NCCc3ccsc3)c(N)c2c1. The second kappa shape index (κ2) is 5.87. The van der Waals surface area contributed by atoms with Crippen LogP contribution in [0.2, 0.25) is 0 Å². The highest BCUT2D eigenvalue weighted by Crippen LogP contribution is 2.34. The third kappa shape index (κ3) is 2.94. The molecule has 0 atom stereocenters. The number of anilines is 1. The molecule has 21 heavy (non-hydrogen) atoms. The van der Waals surface area contributed by atoms with Crippen molar-refractivity contribution in [2.75, 3.05) is 12.3 Å². The van der Waals surface area contributed by atoms with Gasteiger partial charge in [-0.1, -0.05) is 11.6 Å². The first-order chi connectivity index (χ1) is 10.1. The van der Waals surface area contributed by atoms with Crippen molar-refractivity contribution in [3.63, 3.8) is 0 Å². The van der Waals surface area contributed by atoms with Crippen LogP contribution in [0, 0.1) is 6.92 Å². The standard InChI is InChI=1S/C16H16N2OS2/c1-10-2-3-13-12(8-10)14(17)15(21-13)16(19)18-6-4-11-5-7-20-9-11/h2-3,5,7-9H,4,6,17H2,1H3,(H,18,19). The topological polar surface area (TPSA) is 55.1 Å². The van der Waals surface area contributed by atoms with E-state index in [0.29, 0.717) is 17.1 Å². The number of nitrogen functional groups attached to an aromatic ring is 1. The van der Waals surface area contributed by atoms with Gasteiger partial charge in [-0.15, -0.1) is 11.3 Å². The van der Waals surface area contributed by atoms with Crippen LogP contribution >= 0.6 is 22.7 Å². The summed E-state index contributed by atoms with van der Waals surface area (Å²) in [5.41, 5.74) is 9.12. The number of nitrogens with one attached hydrogen (secondary N) is 1. The lowest BCUT2D eigenvalue weighted by atomic mass is 10.1. The molecule has 2 aromatic heterocycles. The number of carbonyl (C=O) groups excluding carboxylic acids is 1. The molecular formula is C16H16N2OS2. The van der Waals surface area contributed by atoms with Crippen LogP contribution in [0.15, 0.2) is 35.0 Å². The van der Waals surface area contributed by atoms with E-state index in [1.165, 1.54) is 16.9 Å². The van der Waals surface area contributed by atoms with E-state index in [4.69, 9.17) is 5.73 Å². The molecule has 3 nitrogen and oxygen atoms in total. The zero-order valence-corrected chi connectivity index (χ0v) is 13.3. The molecule has 3 N–H and O–H groups in total. The van der Waals surface area contributed by atoms with Gasteiger partial charge in [0.2, 0.25) is 0 Å². The molecule has 0 saturated heterocycles. The molecule has 1 aromatic carbocycles. The number of benzene rings is 1. The second-order valence-electron chi connectivity index (χ2n) is 4.98. The fourth-order valence-corrected chi connectivity index (χ4v) is 3.96. The Balaban J connectivity index is 1.73. The van der Waals surface area contributed by atoms with Gasteiger partial charge in [-0.3, -0.25) is 4.79 Å². The zero-order valence-electron chi connectivity index (χ0n) is 11.7. The lowest BCUT2D eigenvalue weighted by Crippen LogP contribution is -2.25. The minimum Gasteiger partial charge on any atom is -0.397 e. The highest BCUT2D eigenvalue weighted by Gasteiger charge is 2.15. The van der Waals surface area contributed by atoms with Gasteiger partial charge in [-0.25, -0.2) is 0 Å². The molecule has 2 heterocycles. The van der Waals surface area contributed by atoms with Gasteiger partial charge in [0.05, 0.1) is 5.69 Å². The van der Waals surface area contributed by atoms with E-state index in [1.54, 1.807) is 11.3 Å². The lowest BCUT2D eigenvalue weighted by molar-refractivity contribution is 0.0959.